The van der Waals surface area contributed by atoms with Crippen molar-refractivity contribution >= 4 is 5.91 Å². The third kappa shape index (κ3) is 3.70. The van der Waals surface area contributed by atoms with E-state index in [1.807, 2.05) is 17.0 Å². The van der Waals surface area contributed by atoms with Gasteiger partial charge in [-0.15, -0.1) is 0 Å². The number of ether oxygens (including phenoxy) is 2. The van der Waals surface area contributed by atoms with Crippen LogP contribution in [0.3, 0.4) is 0 Å². The summed E-state index contributed by atoms with van der Waals surface area (Å²) in [7, 11) is 0. The minimum atomic E-state index is 0.0394. The monoisotopic (exact) mass is 307 g/mol. The third-order valence-electron chi connectivity index (χ3n) is 4.61. The van der Waals surface area contributed by atoms with Gasteiger partial charge in [0.05, 0.1) is 25.0 Å². The smallest absolute Gasteiger partial charge is 0.249 e. The second kappa shape index (κ2) is 7.29. The van der Waals surface area contributed by atoms with Crippen LogP contribution in [0.5, 0.6) is 0 Å². The van der Waals surface area contributed by atoms with Gasteiger partial charge in [0.2, 0.25) is 5.91 Å². The average molecular weight is 307 g/mol. The van der Waals surface area contributed by atoms with Crippen LogP contribution in [-0.2, 0) is 14.3 Å². The van der Waals surface area contributed by atoms with Crippen molar-refractivity contribution < 1.29 is 18.7 Å². The fourth-order valence-electron chi connectivity index (χ4n) is 3.33. The second-order valence-electron chi connectivity index (χ2n) is 6.40. The Balaban J connectivity index is 1.54. The normalized spacial score (nSPS) is 29.0. The first-order valence-electron chi connectivity index (χ1n) is 8.26. The van der Waals surface area contributed by atoms with Crippen LogP contribution in [0.2, 0.25) is 0 Å². The zero-order valence-electron chi connectivity index (χ0n) is 13.2. The maximum atomic E-state index is 12.5. The Morgan fingerprint density at radius 1 is 1.45 bits per heavy atom. The molecule has 5 heteroatoms. The maximum absolute atomic E-state index is 12.5. The minimum Gasteiger partial charge on any atom is -0.467 e. The molecular formula is C17H25NO4. The summed E-state index contributed by atoms with van der Waals surface area (Å²) in [6.07, 6.45) is 5.94. The molecule has 0 aromatic carbocycles. The molecular weight excluding hydrogens is 282 g/mol. The van der Waals surface area contributed by atoms with Crippen LogP contribution in [0.25, 0.3) is 0 Å². The molecule has 1 aromatic heterocycles. The molecule has 0 radical (unpaired) electrons. The van der Waals surface area contributed by atoms with Crippen molar-refractivity contribution in [2.45, 2.75) is 44.8 Å². The van der Waals surface area contributed by atoms with E-state index in [4.69, 9.17) is 13.9 Å². The van der Waals surface area contributed by atoms with Crippen LogP contribution >= 0.6 is 0 Å². The van der Waals surface area contributed by atoms with E-state index in [-0.39, 0.29) is 24.7 Å². The van der Waals surface area contributed by atoms with Crippen LogP contribution in [0, 0.1) is 5.92 Å². The van der Waals surface area contributed by atoms with Gasteiger partial charge in [0.25, 0.3) is 0 Å². The van der Waals surface area contributed by atoms with E-state index in [1.165, 1.54) is 0 Å². The van der Waals surface area contributed by atoms with E-state index in [9.17, 15) is 4.79 Å². The van der Waals surface area contributed by atoms with Crippen LogP contribution in [0.1, 0.15) is 44.4 Å². The standard InChI is InChI=1S/C17H25NO4/c1-13-6-7-18(15(10-13)16-5-3-9-22-16)17(19)12-20-11-14-4-2-8-21-14/h3,5,9,13-15H,2,4,6-8,10-12H2,1H3/t13-,14-,15+/m1/s1. The number of carbonyl (C=O) groups excluding carboxylic acids is 1. The van der Waals surface area contributed by atoms with Crippen molar-refractivity contribution in [1.82, 2.24) is 4.90 Å². The minimum absolute atomic E-state index is 0.0394. The summed E-state index contributed by atoms with van der Waals surface area (Å²) >= 11 is 0. The predicted octanol–water partition coefficient (Wildman–Crippen LogP) is 2.77. The Bertz CT molecular complexity index is 467. The first-order chi connectivity index (χ1) is 10.7. The molecule has 5 nitrogen and oxygen atoms in total. The van der Waals surface area contributed by atoms with Crippen molar-refractivity contribution in [2.75, 3.05) is 26.4 Å². The Labute approximate surface area is 131 Å². The second-order valence-corrected chi connectivity index (χ2v) is 6.40. The number of piperidine rings is 1. The molecule has 0 aliphatic carbocycles. The molecule has 2 aliphatic heterocycles. The summed E-state index contributed by atoms with van der Waals surface area (Å²) in [5.41, 5.74) is 0. The van der Waals surface area contributed by atoms with Crippen molar-refractivity contribution in [1.29, 1.82) is 0 Å². The molecule has 2 saturated heterocycles. The number of rotatable bonds is 5. The molecule has 122 valence electrons. The summed E-state index contributed by atoms with van der Waals surface area (Å²) in [4.78, 5) is 14.4. The van der Waals surface area contributed by atoms with Gasteiger partial charge >= 0.3 is 0 Å². The molecule has 3 heterocycles. The van der Waals surface area contributed by atoms with Gasteiger partial charge in [0.1, 0.15) is 12.4 Å². The van der Waals surface area contributed by atoms with Crippen molar-refractivity contribution in [3.05, 3.63) is 24.2 Å². The SMILES string of the molecule is C[C@@H]1CCN(C(=O)COC[C@H]2CCCO2)[C@H](c2ccco2)C1. The number of nitrogens with zero attached hydrogens (tertiary/aromatic N) is 1. The fourth-order valence-corrected chi connectivity index (χ4v) is 3.33. The van der Waals surface area contributed by atoms with Crippen molar-refractivity contribution in [3.63, 3.8) is 0 Å². The molecule has 3 rings (SSSR count). The van der Waals surface area contributed by atoms with E-state index >= 15 is 0 Å². The topological polar surface area (TPSA) is 51.9 Å². The quantitative estimate of drug-likeness (QED) is 0.839. The number of likely N-dealkylation sites (tertiary alicyclic amines) is 1. The van der Waals surface area contributed by atoms with Gasteiger partial charge in [-0.1, -0.05) is 6.92 Å². The number of furan rings is 1. The molecule has 0 saturated carbocycles. The molecule has 1 aromatic rings. The van der Waals surface area contributed by atoms with E-state index in [0.717, 1.165) is 44.6 Å². The Kier molecular flexibility index (Phi) is 5.16. The van der Waals surface area contributed by atoms with Crippen LogP contribution in [0.15, 0.2) is 22.8 Å². The van der Waals surface area contributed by atoms with Gasteiger partial charge < -0.3 is 18.8 Å². The van der Waals surface area contributed by atoms with Crippen LogP contribution < -0.4 is 0 Å². The van der Waals surface area contributed by atoms with E-state index < -0.39 is 0 Å². The molecule has 0 bridgehead atoms. The van der Waals surface area contributed by atoms with Crippen molar-refractivity contribution in [2.24, 2.45) is 5.92 Å². The van der Waals surface area contributed by atoms with Gasteiger partial charge in [-0.05, 0) is 43.7 Å². The number of hydrogen-bond acceptors (Lipinski definition) is 4. The highest BCUT2D eigenvalue weighted by Crippen LogP contribution is 2.34. The third-order valence-corrected chi connectivity index (χ3v) is 4.61. The van der Waals surface area contributed by atoms with Gasteiger partial charge in [-0.25, -0.2) is 0 Å². The van der Waals surface area contributed by atoms with Crippen molar-refractivity contribution in [3.8, 4) is 0 Å². The highest BCUT2D eigenvalue weighted by molar-refractivity contribution is 5.78. The molecule has 2 fully saturated rings. The maximum Gasteiger partial charge on any atom is 0.249 e. The summed E-state index contributed by atoms with van der Waals surface area (Å²) in [6.45, 7) is 4.46. The first-order valence-corrected chi connectivity index (χ1v) is 8.26. The molecule has 3 atom stereocenters. The average Bonchev–Trinajstić information content (AvgIpc) is 3.20. The summed E-state index contributed by atoms with van der Waals surface area (Å²) in [5.74, 6) is 1.53. The lowest BCUT2D eigenvalue weighted by Crippen LogP contribution is -2.42. The molecule has 22 heavy (non-hydrogen) atoms. The highest BCUT2D eigenvalue weighted by Gasteiger charge is 2.32. The Morgan fingerprint density at radius 2 is 2.36 bits per heavy atom. The lowest BCUT2D eigenvalue weighted by atomic mass is 9.91. The molecule has 0 unspecified atom stereocenters. The zero-order chi connectivity index (χ0) is 15.4. The lowest BCUT2D eigenvalue weighted by molar-refractivity contribution is -0.142. The van der Waals surface area contributed by atoms with Gasteiger partial charge in [0, 0.05) is 13.2 Å². The number of amides is 1. The first kappa shape index (κ1) is 15.6. The van der Waals surface area contributed by atoms with E-state index in [2.05, 4.69) is 6.92 Å². The summed E-state index contributed by atoms with van der Waals surface area (Å²) in [6, 6.07) is 3.87. The molecule has 0 spiro atoms. The Morgan fingerprint density at radius 3 is 3.09 bits per heavy atom. The molecule has 2 aliphatic rings. The molecule has 1 amide bonds. The van der Waals surface area contributed by atoms with E-state index in [0.29, 0.717) is 12.5 Å². The number of hydrogen-bond donors (Lipinski definition) is 0. The Hall–Kier alpha value is -1.33. The van der Waals surface area contributed by atoms with E-state index in [1.54, 1.807) is 6.26 Å². The zero-order valence-corrected chi connectivity index (χ0v) is 13.2. The fraction of sp³-hybridized carbons (Fsp3) is 0.706. The predicted molar refractivity (Wildman–Crippen MR) is 81.4 cm³/mol. The molecule has 0 N–H and O–H groups in total. The van der Waals surface area contributed by atoms with Crippen LogP contribution in [-0.4, -0.2) is 43.3 Å². The highest BCUT2D eigenvalue weighted by atomic mass is 16.5. The largest absolute Gasteiger partial charge is 0.467 e. The summed E-state index contributed by atoms with van der Waals surface area (Å²) < 4.78 is 16.6. The number of carbonyl (C=O) groups is 1. The summed E-state index contributed by atoms with van der Waals surface area (Å²) in [5, 5.41) is 0. The lowest BCUT2D eigenvalue weighted by Gasteiger charge is -2.37. The van der Waals surface area contributed by atoms with Gasteiger partial charge in [0.15, 0.2) is 0 Å². The van der Waals surface area contributed by atoms with Crippen LogP contribution in [0.4, 0.5) is 0 Å². The van der Waals surface area contributed by atoms with Gasteiger partial charge in [-0.2, -0.15) is 0 Å². The van der Waals surface area contributed by atoms with Gasteiger partial charge in [-0.3, -0.25) is 4.79 Å².